The van der Waals surface area contributed by atoms with E-state index in [-0.39, 0.29) is 11.4 Å². The Morgan fingerprint density at radius 2 is 2.33 bits per heavy atom. The van der Waals surface area contributed by atoms with Crippen LogP contribution in [0.3, 0.4) is 0 Å². The van der Waals surface area contributed by atoms with Crippen molar-refractivity contribution in [3.05, 3.63) is 18.5 Å². The average Bonchev–Trinajstić information content (AvgIpc) is 2.20. The second kappa shape index (κ2) is 4.14. The number of sulfonamides is 1. The standard InChI is InChI=1S/C8H10N4O2S/c1-6(4-9)15(13,14)12-8-2-3-11-5-7(8)10/h2-3,5-6H,10H2,1H3,(H,11,12). The summed E-state index contributed by atoms with van der Waals surface area (Å²) >= 11 is 0. The van der Waals surface area contributed by atoms with Gasteiger partial charge in [0.2, 0.25) is 10.0 Å². The van der Waals surface area contributed by atoms with Gasteiger partial charge in [-0.2, -0.15) is 5.26 Å². The molecule has 1 aromatic heterocycles. The molecule has 1 atom stereocenters. The van der Waals surface area contributed by atoms with Crippen LogP contribution in [0.15, 0.2) is 18.5 Å². The summed E-state index contributed by atoms with van der Waals surface area (Å²) in [7, 11) is -3.70. The van der Waals surface area contributed by atoms with Gasteiger partial charge in [0, 0.05) is 6.20 Å². The summed E-state index contributed by atoms with van der Waals surface area (Å²) in [5.74, 6) is 0. The van der Waals surface area contributed by atoms with Gasteiger partial charge in [-0.3, -0.25) is 9.71 Å². The number of nitrogens with two attached hydrogens (primary N) is 1. The highest BCUT2D eigenvalue weighted by Crippen LogP contribution is 2.18. The zero-order valence-electron chi connectivity index (χ0n) is 8.01. The first kappa shape index (κ1) is 11.3. The van der Waals surface area contributed by atoms with Crippen LogP contribution in [0.4, 0.5) is 11.4 Å². The first-order chi connectivity index (χ1) is 6.97. The van der Waals surface area contributed by atoms with Crippen molar-refractivity contribution in [1.82, 2.24) is 4.98 Å². The number of rotatable bonds is 3. The number of hydrogen-bond acceptors (Lipinski definition) is 5. The number of hydrogen-bond donors (Lipinski definition) is 2. The van der Waals surface area contributed by atoms with E-state index >= 15 is 0 Å². The average molecular weight is 226 g/mol. The third-order valence-electron chi connectivity index (χ3n) is 1.75. The van der Waals surface area contributed by atoms with Crippen LogP contribution in [0.1, 0.15) is 6.92 Å². The fourth-order valence-electron chi connectivity index (χ4n) is 0.811. The Balaban J connectivity index is 2.98. The van der Waals surface area contributed by atoms with Crippen LogP contribution >= 0.6 is 0 Å². The van der Waals surface area contributed by atoms with Crippen LogP contribution in [0.5, 0.6) is 0 Å². The van der Waals surface area contributed by atoms with E-state index in [1.165, 1.54) is 25.4 Å². The van der Waals surface area contributed by atoms with E-state index in [2.05, 4.69) is 9.71 Å². The number of nitrogens with zero attached hydrogens (tertiary/aromatic N) is 2. The molecule has 0 spiro atoms. The monoisotopic (exact) mass is 226 g/mol. The Morgan fingerprint density at radius 3 is 2.87 bits per heavy atom. The van der Waals surface area contributed by atoms with Gasteiger partial charge in [-0.05, 0) is 13.0 Å². The van der Waals surface area contributed by atoms with Gasteiger partial charge in [-0.15, -0.1) is 0 Å². The van der Waals surface area contributed by atoms with E-state index in [0.29, 0.717) is 0 Å². The summed E-state index contributed by atoms with van der Waals surface area (Å²) < 4.78 is 25.2. The lowest BCUT2D eigenvalue weighted by molar-refractivity contribution is 0.597. The lowest BCUT2D eigenvalue weighted by Crippen LogP contribution is -2.24. The van der Waals surface area contributed by atoms with Crippen LogP contribution in [-0.4, -0.2) is 18.7 Å². The van der Waals surface area contributed by atoms with E-state index in [1.54, 1.807) is 6.07 Å². The highest BCUT2D eigenvalue weighted by molar-refractivity contribution is 7.93. The van der Waals surface area contributed by atoms with E-state index < -0.39 is 15.3 Å². The molecular weight excluding hydrogens is 216 g/mol. The minimum Gasteiger partial charge on any atom is -0.396 e. The molecule has 3 N–H and O–H groups in total. The van der Waals surface area contributed by atoms with Crippen molar-refractivity contribution in [1.29, 1.82) is 5.26 Å². The van der Waals surface area contributed by atoms with Crippen LogP contribution in [-0.2, 0) is 10.0 Å². The fraction of sp³-hybridized carbons (Fsp3) is 0.250. The molecule has 0 aliphatic heterocycles. The molecule has 1 unspecified atom stereocenters. The maximum absolute atomic E-state index is 11.5. The maximum Gasteiger partial charge on any atom is 0.248 e. The number of nitrogens with one attached hydrogen (secondary N) is 1. The lowest BCUT2D eigenvalue weighted by atomic mass is 10.4. The smallest absolute Gasteiger partial charge is 0.248 e. The molecule has 0 saturated heterocycles. The van der Waals surface area contributed by atoms with Crippen LogP contribution in [0.25, 0.3) is 0 Å². The van der Waals surface area contributed by atoms with Gasteiger partial charge in [0.15, 0.2) is 5.25 Å². The van der Waals surface area contributed by atoms with Crippen molar-refractivity contribution >= 4 is 21.4 Å². The van der Waals surface area contributed by atoms with E-state index in [4.69, 9.17) is 11.0 Å². The molecule has 0 fully saturated rings. The number of nitriles is 1. The van der Waals surface area contributed by atoms with Gasteiger partial charge in [0.25, 0.3) is 0 Å². The quantitative estimate of drug-likeness (QED) is 0.771. The predicted molar refractivity (Wildman–Crippen MR) is 56.3 cm³/mol. The van der Waals surface area contributed by atoms with Gasteiger partial charge in [0.1, 0.15) is 0 Å². The van der Waals surface area contributed by atoms with Gasteiger partial charge in [0.05, 0.1) is 23.6 Å². The number of anilines is 2. The molecule has 6 nitrogen and oxygen atoms in total. The molecule has 15 heavy (non-hydrogen) atoms. The molecule has 1 heterocycles. The van der Waals surface area contributed by atoms with Gasteiger partial charge in [-0.25, -0.2) is 8.42 Å². The molecule has 80 valence electrons. The highest BCUT2D eigenvalue weighted by atomic mass is 32.2. The lowest BCUT2D eigenvalue weighted by Gasteiger charge is -2.10. The molecule has 0 radical (unpaired) electrons. The molecule has 0 amide bonds. The van der Waals surface area contributed by atoms with Crippen LogP contribution in [0, 0.1) is 11.3 Å². The highest BCUT2D eigenvalue weighted by Gasteiger charge is 2.20. The molecule has 0 bridgehead atoms. The van der Waals surface area contributed by atoms with Crippen molar-refractivity contribution in [3.63, 3.8) is 0 Å². The molecule has 1 aromatic rings. The molecular formula is C8H10N4O2S. The minimum atomic E-state index is -3.70. The van der Waals surface area contributed by atoms with E-state index in [1.807, 2.05) is 0 Å². The van der Waals surface area contributed by atoms with E-state index in [9.17, 15) is 8.42 Å². The third-order valence-corrected chi connectivity index (χ3v) is 3.29. The summed E-state index contributed by atoms with van der Waals surface area (Å²) in [5.41, 5.74) is 5.94. The van der Waals surface area contributed by atoms with Crippen molar-refractivity contribution in [2.45, 2.75) is 12.2 Å². The van der Waals surface area contributed by atoms with Crippen LogP contribution in [0.2, 0.25) is 0 Å². The molecule has 1 rings (SSSR count). The normalized spacial score (nSPS) is 12.8. The fourth-order valence-corrected chi connectivity index (χ4v) is 1.62. The van der Waals surface area contributed by atoms with Crippen molar-refractivity contribution in [3.8, 4) is 6.07 Å². The van der Waals surface area contributed by atoms with Crippen molar-refractivity contribution in [2.75, 3.05) is 10.5 Å². The van der Waals surface area contributed by atoms with Gasteiger partial charge in [-0.1, -0.05) is 0 Å². The van der Waals surface area contributed by atoms with Gasteiger partial charge >= 0.3 is 0 Å². The Kier molecular flexibility index (Phi) is 3.11. The predicted octanol–water partition coefficient (Wildman–Crippen LogP) is 0.318. The number of nitrogen functional groups attached to an aromatic ring is 1. The number of aromatic nitrogens is 1. The Hall–Kier alpha value is -1.81. The van der Waals surface area contributed by atoms with Crippen molar-refractivity contribution in [2.24, 2.45) is 0 Å². The molecule has 7 heteroatoms. The van der Waals surface area contributed by atoms with Crippen LogP contribution < -0.4 is 10.5 Å². The third kappa shape index (κ3) is 2.57. The molecule has 0 aliphatic rings. The summed E-state index contributed by atoms with van der Waals surface area (Å²) in [4.78, 5) is 3.72. The summed E-state index contributed by atoms with van der Waals surface area (Å²) in [6, 6.07) is 3.07. The topological polar surface area (TPSA) is 109 Å². The summed E-state index contributed by atoms with van der Waals surface area (Å²) in [6.45, 7) is 1.29. The first-order valence-corrected chi connectivity index (χ1v) is 5.62. The largest absolute Gasteiger partial charge is 0.396 e. The zero-order chi connectivity index (χ0) is 11.5. The number of pyridine rings is 1. The van der Waals surface area contributed by atoms with E-state index in [0.717, 1.165) is 0 Å². The maximum atomic E-state index is 11.5. The minimum absolute atomic E-state index is 0.214. The van der Waals surface area contributed by atoms with Gasteiger partial charge < -0.3 is 5.73 Å². The Labute approximate surface area is 87.8 Å². The summed E-state index contributed by atoms with van der Waals surface area (Å²) in [6.07, 6.45) is 2.74. The zero-order valence-corrected chi connectivity index (χ0v) is 8.82. The van der Waals surface area contributed by atoms with Crippen molar-refractivity contribution < 1.29 is 8.42 Å². The second-order valence-corrected chi connectivity index (χ2v) is 4.88. The Morgan fingerprint density at radius 1 is 1.67 bits per heavy atom. The summed E-state index contributed by atoms with van der Waals surface area (Å²) in [5, 5.41) is 7.37. The SMILES string of the molecule is CC(C#N)S(=O)(=O)Nc1ccncc1N. The second-order valence-electron chi connectivity index (χ2n) is 2.88. The molecule has 0 aliphatic carbocycles. The first-order valence-electron chi connectivity index (χ1n) is 4.08. The molecule has 0 aromatic carbocycles. The Bertz CT molecular complexity index is 492. The molecule has 0 saturated carbocycles.